The van der Waals surface area contributed by atoms with Gasteiger partial charge in [-0.05, 0) is 18.2 Å². The lowest BCUT2D eigenvalue weighted by Crippen LogP contribution is -1.99. The molecule has 0 atom stereocenters. The average Bonchev–Trinajstić information content (AvgIpc) is 2.80. The number of nitrogens with zero attached hydrogens (tertiary/aromatic N) is 3. The van der Waals surface area contributed by atoms with Crippen LogP contribution in [0.15, 0.2) is 36.9 Å². The molecule has 1 aromatic heterocycles. The third-order valence-electron chi connectivity index (χ3n) is 1.96. The van der Waals surface area contributed by atoms with E-state index in [4.69, 9.17) is 6.42 Å². The molecule has 1 aromatic carbocycles. The molecular formula is C11H10N4. The largest absolute Gasteiger partial charge is 0.374 e. The van der Waals surface area contributed by atoms with Crippen LogP contribution in [0.4, 0.5) is 5.69 Å². The van der Waals surface area contributed by atoms with Crippen LogP contribution in [0.2, 0.25) is 0 Å². The minimum Gasteiger partial charge on any atom is -0.374 e. The molecule has 0 amide bonds. The molecule has 0 saturated carbocycles. The predicted molar refractivity (Wildman–Crippen MR) is 58.7 cm³/mol. The van der Waals surface area contributed by atoms with Crippen LogP contribution in [0.5, 0.6) is 0 Å². The molecule has 1 heterocycles. The Morgan fingerprint density at radius 1 is 1.33 bits per heavy atom. The maximum atomic E-state index is 5.17. The molecule has 0 unspecified atom stereocenters. The quantitative estimate of drug-likeness (QED) is 0.756. The molecule has 0 aliphatic heterocycles. The Kier molecular flexibility index (Phi) is 2.65. The number of hydrogen-bond donors (Lipinski definition) is 1. The fourth-order valence-electron chi connectivity index (χ4n) is 1.26. The normalized spacial score (nSPS) is 9.53. The second kappa shape index (κ2) is 4.29. The number of hydrogen-bond acceptors (Lipinski definition) is 3. The van der Waals surface area contributed by atoms with Crippen LogP contribution in [-0.4, -0.2) is 21.3 Å². The van der Waals surface area contributed by atoms with Gasteiger partial charge in [-0.3, -0.25) is 4.57 Å². The molecule has 0 radical (unpaired) electrons. The number of nitrogens with one attached hydrogen (secondary N) is 1. The van der Waals surface area contributed by atoms with Crippen LogP contribution in [-0.2, 0) is 0 Å². The zero-order valence-electron chi connectivity index (χ0n) is 8.09. The highest BCUT2D eigenvalue weighted by Crippen LogP contribution is 2.13. The van der Waals surface area contributed by atoms with Crippen molar-refractivity contribution in [3.63, 3.8) is 0 Å². The highest BCUT2D eigenvalue weighted by atomic mass is 15.2. The van der Waals surface area contributed by atoms with Crippen molar-refractivity contribution in [3.8, 4) is 18.0 Å². The van der Waals surface area contributed by atoms with Crippen LogP contribution >= 0.6 is 0 Å². The molecular weight excluding hydrogens is 188 g/mol. The molecule has 0 bridgehead atoms. The van der Waals surface area contributed by atoms with Gasteiger partial charge in [-0.2, -0.15) is 0 Å². The molecule has 2 aromatic rings. The van der Waals surface area contributed by atoms with Crippen LogP contribution in [0.1, 0.15) is 0 Å². The minimum absolute atomic E-state index is 0.519. The van der Waals surface area contributed by atoms with E-state index in [9.17, 15) is 0 Å². The lowest BCUT2D eigenvalue weighted by Gasteiger charge is -2.05. The second-order valence-electron chi connectivity index (χ2n) is 2.98. The highest BCUT2D eigenvalue weighted by Gasteiger charge is 1.96. The third kappa shape index (κ3) is 2.15. The zero-order chi connectivity index (χ0) is 10.5. The minimum atomic E-state index is 0.519. The maximum Gasteiger partial charge on any atom is 0.123 e. The van der Waals surface area contributed by atoms with Crippen LogP contribution < -0.4 is 5.32 Å². The standard InChI is InChI=1S/C11H10N4/c1-2-6-12-10-4-3-5-11(7-10)15-8-13-14-9-15/h1,3-5,7-9,12H,6H2. The first-order valence-electron chi connectivity index (χ1n) is 4.52. The molecule has 0 aliphatic rings. The number of benzene rings is 1. The van der Waals surface area contributed by atoms with Crippen molar-refractivity contribution in [1.82, 2.24) is 14.8 Å². The number of terminal acetylenes is 1. The lowest BCUT2D eigenvalue weighted by atomic mass is 10.2. The van der Waals surface area contributed by atoms with Gasteiger partial charge in [0.1, 0.15) is 12.7 Å². The predicted octanol–water partition coefficient (Wildman–Crippen LogP) is 1.31. The fraction of sp³-hybridized carbons (Fsp3) is 0.0909. The Morgan fingerprint density at radius 2 is 2.13 bits per heavy atom. The van der Waals surface area contributed by atoms with E-state index in [0.717, 1.165) is 11.4 Å². The van der Waals surface area contributed by atoms with Crippen molar-refractivity contribution in [2.24, 2.45) is 0 Å². The zero-order valence-corrected chi connectivity index (χ0v) is 8.09. The van der Waals surface area contributed by atoms with E-state index < -0.39 is 0 Å². The number of rotatable bonds is 3. The smallest absolute Gasteiger partial charge is 0.123 e. The van der Waals surface area contributed by atoms with Gasteiger partial charge in [-0.15, -0.1) is 16.6 Å². The van der Waals surface area contributed by atoms with Crippen molar-refractivity contribution in [2.45, 2.75) is 0 Å². The van der Waals surface area contributed by atoms with E-state index in [2.05, 4.69) is 21.4 Å². The molecule has 74 valence electrons. The van der Waals surface area contributed by atoms with E-state index in [0.29, 0.717) is 6.54 Å². The summed E-state index contributed by atoms with van der Waals surface area (Å²) in [4.78, 5) is 0. The van der Waals surface area contributed by atoms with Gasteiger partial charge in [0, 0.05) is 5.69 Å². The Morgan fingerprint density at radius 3 is 2.87 bits per heavy atom. The Labute approximate surface area is 88.0 Å². The monoisotopic (exact) mass is 198 g/mol. The first-order chi connectivity index (χ1) is 7.40. The van der Waals surface area contributed by atoms with Crippen molar-refractivity contribution >= 4 is 5.69 Å². The molecule has 0 fully saturated rings. The van der Waals surface area contributed by atoms with Crippen LogP contribution in [0.25, 0.3) is 5.69 Å². The Balaban J connectivity index is 2.24. The molecule has 0 aliphatic carbocycles. The highest BCUT2D eigenvalue weighted by molar-refractivity contribution is 5.51. The van der Waals surface area contributed by atoms with Gasteiger partial charge in [-0.1, -0.05) is 12.0 Å². The first-order valence-corrected chi connectivity index (χ1v) is 4.52. The Bertz CT molecular complexity index is 468. The SMILES string of the molecule is C#CCNc1cccc(-n2cnnc2)c1. The molecule has 4 heteroatoms. The molecule has 2 rings (SSSR count). The molecule has 0 spiro atoms. The van der Waals surface area contributed by atoms with E-state index in [-0.39, 0.29) is 0 Å². The summed E-state index contributed by atoms with van der Waals surface area (Å²) >= 11 is 0. The topological polar surface area (TPSA) is 42.7 Å². The number of anilines is 1. The summed E-state index contributed by atoms with van der Waals surface area (Å²) in [5.41, 5.74) is 1.99. The summed E-state index contributed by atoms with van der Waals surface area (Å²) in [5.74, 6) is 2.53. The summed E-state index contributed by atoms with van der Waals surface area (Å²) < 4.78 is 1.83. The lowest BCUT2D eigenvalue weighted by molar-refractivity contribution is 1.06. The van der Waals surface area contributed by atoms with Gasteiger partial charge in [0.05, 0.1) is 12.2 Å². The molecule has 0 saturated heterocycles. The van der Waals surface area contributed by atoms with E-state index in [1.165, 1.54) is 0 Å². The molecule has 15 heavy (non-hydrogen) atoms. The summed E-state index contributed by atoms with van der Waals surface area (Å²) in [7, 11) is 0. The van der Waals surface area contributed by atoms with Crippen molar-refractivity contribution in [2.75, 3.05) is 11.9 Å². The summed E-state index contributed by atoms with van der Waals surface area (Å²) in [5, 5.41) is 10.6. The number of aromatic nitrogens is 3. The van der Waals surface area contributed by atoms with Gasteiger partial charge in [0.25, 0.3) is 0 Å². The van der Waals surface area contributed by atoms with Gasteiger partial charge in [0.15, 0.2) is 0 Å². The molecule has 4 nitrogen and oxygen atoms in total. The average molecular weight is 198 g/mol. The van der Waals surface area contributed by atoms with Gasteiger partial charge < -0.3 is 5.32 Å². The second-order valence-corrected chi connectivity index (χ2v) is 2.98. The van der Waals surface area contributed by atoms with Gasteiger partial charge >= 0.3 is 0 Å². The van der Waals surface area contributed by atoms with Crippen molar-refractivity contribution < 1.29 is 0 Å². The van der Waals surface area contributed by atoms with Gasteiger partial charge in [0.2, 0.25) is 0 Å². The summed E-state index contributed by atoms with van der Waals surface area (Å²) in [6.45, 7) is 0.519. The Hall–Kier alpha value is -2.28. The van der Waals surface area contributed by atoms with Crippen molar-refractivity contribution in [1.29, 1.82) is 0 Å². The third-order valence-corrected chi connectivity index (χ3v) is 1.96. The first kappa shape index (κ1) is 9.28. The maximum absolute atomic E-state index is 5.17. The van der Waals surface area contributed by atoms with E-state index in [1.54, 1.807) is 12.7 Å². The van der Waals surface area contributed by atoms with Crippen LogP contribution in [0, 0.1) is 12.3 Å². The van der Waals surface area contributed by atoms with E-state index in [1.807, 2.05) is 28.8 Å². The van der Waals surface area contributed by atoms with Gasteiger partial charge in [-0.25, -0.2) is 0 Å². The van der Waals surface area contributed by atoms with Crippen molar-refractivity contribution in [3.05, 3.63) is 36.9 Å². The van der Waals surface area contributed by atoms with Crippen LogP contribution in [0.3, 0.4) is 0 Å². The van der Waals surface area contributed by atoms with E-state index >= 15 is 0 Å². The molecule has 1 N–H and O–H groups in total. The fourth-order valence-corrected chi connectivity index (χ4v) is 1.26. The summed E-state index contributed by atoms with van der Waals surface area (Å²) in [6.07, 6.45) is 8.48. The summed E-state index contributed by atoms with van der Waals surface area (Å²) in [6, 6.07) is 7.88.